The van der Waals surface area contributed by atoms with Gasteiger partial charge in [-0.15, -0.1) is 0 Å². The molecule has 0 heterocycles. The predicted molar refractivity (Wildman–Crippen MR) is 66.1 cm³/mol. The van der Waals surface area contributed by atoms with Crippen LogP contribution in [-0.4, -0.2) is 0 Å². The summed E-state index contributed by atoms with van der Waals surface area (Å²) in [7, 11) is 0. The highest BCUT2D eigenvalue weighted by molar-refractivity contribution is 5.31. The molecule has 1 aromatic rings. The summed E-state index contributed by atoms with van der Waals surface area (Å²) in [6.07, 6.45) is 4.42. The molecular weight excluding hydrogens is 218 g/mol. The lowest BCUT2D eigenvalue weighted by Crippen LogP contribution is -2.16. The fourth-order valence-corrected chi connectivity index (χ4v) is 2.26. The molecule has 17 heavy (non-hydrogen) atoms. The predicted octanol–water partition coefficient (Wildman–Crippen LogP) is 4.60. The molecule has 94 valence electrons. The highest BCUT2D eigenvalue weighted by Crippen LogP contribution is 2.34. The van der Waals surface area contributed by atoms with Crippen LogP contribution in [0.4, 0.5) is 8.78 Å². The Hall–Kier alpha value is -0.920. The van der Waals surface area contributed by atoms with Crippen molar-refractivity contribution in [3.05, 3.63) is 34.9 Å². The Morgan fingerprint density at radius 3 is 2.06 bits per heavy atom. The molecular formula is C15H20F2. The van der Waals surface area contributed by atoms with Crippen LogP contribution in [-0.2, 0) is 11.8 Å². The molecule has 1 fully saturated rings. The van der Waals surface area contributed by atoms with Gasteiger partial charge in [-0.25, -0.2) is 8.78 Å². The average Bonchev–Trinajstić information content (AvgIpc) is 2.94. The van der Waals surface area contributed by atoms with Crippen molar-refractivity contribution in [1.29, 1.82) is 0 Å². The minimum atomic E-state index is -0.483. The molecule has 0 aromatic heterocycles. The molecule has 0 radical (unpaired) electrons. The van der Waals surface area contributed by atoms with Gasteiger partial charge in [-0.05, 0) is 41.9 Å². The number of hydrogen-bond acceptors (Lipinski definition) is 0. The Labute approximate surface area is 102 Å². The normalized spacial score (nSPS) is 16.3. The smallest absolute Gasteiger partial charge is 0.130 e. The Bertz CT molecular complexity index is 388. The number of benzene rings is 1. The van der Waals surface area contributed by atoms with E-state index in [1.54, 1.807) is 0 Å². The lowest BCUT2D eigenvalue weighted by molar-refractivity contribution is 0.473. The van der Waals surface area contributed by atoms with Gasteiger partial charge in [0.1, 0.15) is 11.6 Å². The maximum absolute atomic E-state index is 13.9. The summed E-state index contributed by atoms with van der Waals surface area (Å²) in [6.45, 7) is 5.50. The van der Waals surface area contributed by atoms with Crippen molar-refractivity contribution in [2.45, 2.75) is 51.9 Å². The highest BCUT2D eigenvalue weighted by atomic mass is 19.1. The minimum absolute atomic E-state index is 0.202. The molecule has 1 aliphatic rings. The van der Waals surface area contributed by atoms with Crippen molar-refractivity contribution >= 4 is 0 Å². The second-order valence-corrected chi connectivity index (χ2v) is 6.17. The van der Waals surface area contributed by atoms with Crippen molar-refractivity contribution in [3.8, 4) is 0 Å². The van der Waals surface area contributed by atoms with Gasteiger partial charge in [0.25, 0.3) is 0 Å². The lowest BCUT2D eigenvalue weighted by Gasteiger charge is -2.21. The van der Waals surface area contributed by atoms with Gasteiger partial charge in [-0.3, -0.25) is 0 Å². The first-order valence-corrected chi connectivity index (χ1v) is 6.36. The topological polar surface area (TPSA) is 0 Å². The molecule has 0 spiro atoms. The quantitative estimate of drug-likeness (QED) is 0.721. The standard InChI is InChI=1S/C15H20F2/c1-15(2,3)14-12(16)8-11(9-13(14)17)7-6-10-4-5-10/h8-10H,4-7H2,1-3H3. The van der Waals surface area contributed by atoms with Gasteiger partial charge in [-0.1, -0.05) is 33.6 Å². The first-order valence-electron chi connectivity index (χ1n) is 6.36. The number of hydrogen-bond donors (Lipinski definition) is 0. The van der Waals surface area contributed by atoms with Gasteiger partial charge in [0.05, 0.1) is 0 Å². The second kappa shape index (κ2) is 4.40. The zero-order valence-corrected chi connectivity index (χ0v) is 10.8. The highest BCUT2D eigenvalue weighted by Gasteiger charge is 2.25. The van der Waals surface area contributed by atoms with E-state index in [4.69, 9.17) is 0 Å². The monoisotopic (exact) mass is 238 g/mol. The maximum Gasteiger partial charge on any atom is 0.130 e. The van der Waals surface area contributed by atoms with E-state index < -0.39 is 17.0 Å². The lowest BCUT2D eigenvalue weighted by atomic mass is 9.85. The SMILES string of the molecule is CC(C)(C)c1c(F)cc(CCC2CC2)cc1F. The number of aryl methyl sites for hydroxylation is 1. The van der Waals surface area contributed by atoms with E-state index in [1.165, 1.54) is 25.0 Å². The largest absolute Gasteiger partial charge is 0.207 e. The zero-order chi connectivity index (χ0) is 12.6. The van der Waals surface area contributed by atoms with Gasteiger partial charge in [0.2, 0.25) is 0 Å². The molecule has 0 saturated heterocycles. The van der Waals surface area contributed by atoms with Crippen LogP contribution in [0.2, 0.25) is 0 Å². The second-order valence-electron chi connectivity index (χ2n) is 6.17. The first kappa shape index (κ1) is 12.5. The molecule has 0 N–H and O–H groups in total. The minimum Gasteiger partial charge on any atom is -0.207 e. The fourth-order valence-electron chi connectivity index (χ4n) is 2.26. The molecule has 2 rings (SSSR count). The van der Waals surface area contributed by atoms with Crippen molar-refractivity contribution < 1.29 is 8.78 Å². The first-order chi connectivity index (χ1) is 7.88. The summed E-state index contributed by atoms with van der Waals surface area (Å²) in [5.41, 5.74) is 0.510. The molecule has 0 nitrogen and oxygen atoms in total. The van der Waals surface area contributed by atoms with Gasteiger partial charge < -0.3 is 0 Å². The Balaban J connectivity index is 2.21. The summed E-state index contributed by atoms with van der Waals surface area (Å²) in [5, 5.41) is 0. The summed E-state index contributed by atoms with van der Waals surface area (Å²) in [4.78, 5) is 0. The van der Waals surface area contributed by atoms with Crippen LogP contribution in [0.3, 0.4) is 0 Å². The summed E-state index contributed by atoms with van der Waals surface area (Å²) < 4.78 is 27.8. The Kier molecular flexibility index (Phi) is 3.24. The number of halogens is 2. The molecule has 0 amide bonds. The van der Waals surface area contributed by atoms with E-state index in [9.17, 15) is 8.78 Å². The molecule has 1 aromatic carbocycles. The van der Waals surface area contributed by atoms with Crippen molar-refractivity contribution in [1.82, 2.24) is 0 Å². The zero-order valence-electron chi connectivity index (χ0n) is 10.8. The van der Waals surface area contributed by atoms with E-state index >= 15 is 0 Å². The average molecular weight is 238 g/mol. The summed E-state index contributed by atoms with van der Waals surface area (Å²) >= 11 is 0. The van der Waals surface area contributed by atoms with Gasteiger partial charge >= 0.3 is 0 Å². The summed E-state index contributed by atoms with van der Waals surface area (Å²) in [5.74, 6) is -0.00462. The molecule has 0 unspecified atom stereocenters. The van der Waals surface area contributed by atoms with Crippen molar-refractivity contribution in [2.75, 3.05) is 0 Å². The van der Waals surface area contributed by atoms with Crippen LogP contribution in [0.25, 0.3) is 0 Å². The van der Waals surface area contributed by atoms with E-state index in [2.05, 4.69) is 0 Å². The fraction of sp³-hybridized carbons (Fsp3) is 0.600. The molecule has 1 aliphatic carbocycles. The molecule has 0 aliphatic heterocycles. The van der Waals surface area contributed by atoms with Crippen LogP contribution in [0.15, 0.2) is 12.1 Å². The van der Waals surface area contributed by atoms with Crippen molar-refractivity contribution in [3.63, 3.8) is 0 Å². The molecule has 1 saturated carbocycles. The van der Waals surface area contributed by atoms with E-state index in [0.717, 1.165) is 24.3 Å². The number of rotatable bonds is 3. The third-order valence-corrected chi connectivity index (χ3v) is 3.39. The van der Waals surface area contributed by atoms with Gasteiger partial charge in [0, 0.05) is 5.56 Å². The summed E-state index contributed by atoms with van der Waals surface area (Å²) in [6, 6.07) is 3.01. The maximum atomic E-state index is 13.9. The molecule has 2 heteroatoms. The Morgan fingerprint density at radius 2 is 1.65 bits per heavy atom. The van der Waals surface area contributed by atoms with Crippen LogP contribution in [0, 0.1) is 17.6 Å². The van der Waals surface area contributed by atoms with Crippen molar-refractivity contribution in [2.24, 2.45) is 5.92 Å². The van der Waals surface area contributed by atoms with E-state index in [1.807, 2.05) is 20.8 Å². The van der Waals surface area contributed by atoms with Crippen LogP contribution < -0.4 is 0 Å². The van der Waals surface area contributed by atoms with E-state index in [-0.39, 0.29) is 5.56 Å². The Morgan fingerprint density at radius 1 is 1.12 bits per heavy atom. The van der Waals surface area contributed by atoms with Gasteiger partial charge in [-0.2, -0.15) is 0 Å². The van der Waals surface area contributed by atoms with Gasteiger partial charge in [0.15, 0.2) is 0 Å². The van der Waals surface area contributed by atoms with Crippen LogP contribution >= 0.6 is 0 Å². The van der Waals surface area contributed by atoms with Crippen LogP contribution in [0.1, 0.15) is 51.2 Å². The third-order valence-electron chi connectivity index (χ3n) is 3.39. The van der Waals surface area contributed by atoms with Crippen LogP contribution in [0.5, 0.6) is 0 Å². The van der Waals surface area contributed by atoms with E-state index in [0.29, 0.717) is 0 Å². The molecule has 0 atom stereocenters. The third kappa shape index (κ3) is 3.05. The molecule has 0 bridgehead atoms.